The van der Waals surface area contributed by atoms with Crippen molar-refractivity contribution in [1.29, 1.82) is 0 Å². The molecule has 0 spiro atoms. The number of halogens is 1. The molecule has 0 saturated carbocycles. The van der Waals surface area contributed by atoms with E-state index in [0.717, 1.165) is 16.5 Å². The van der Waals surface area contributed by atoms with Gasteiger partial charge in [-0.15, -0.1) is 0 Å². The van der Waals surface area contributed by atoms with Crippen LogP contribution in [-0.2, 0) is 35.6 Å². The first kappa shape index (κ1) is 23.7. The van der Waals surface area contributed by atoms with Gasteiger partial charge in [0.05, 0.1) is 30.0 Å². The molecule has 0 radical (unpaired) electrons. The first-order valence-corrected chi connectivity index (χ1v) is 13.2. The molecule has 0 fully saturated rings. The van der Waals surface area contributed by atoms with Crippen LogP contribution in [0.2, 0.25) is 5.15 Å². The van der Waals surface area contributed by atoms with E-state index < -0.39 is 17.3 Å². The number of hydrogen-bond donors (Lipinski definition) is 2. The van der Waals surface area contributed by atoms with Crippen molar-refractivity contribution in [2.45, 2.75) is 25.6 Å². The van der Waals surface area contributed by atoms with Gasteiger partial charge < -0.3 is 14.4 Å². The van der Waals surface area contributed by atoms with Gasteiger partial charge in [0.1, 0.15) is 11.2 Å². The molecule has 2 amide bonds. The molecule has 2 aliphatic heterocycles. The third kappa shape index (κ3) is 3.99. The Morgan fingerprint density at radius 3 is 2.73 bits per heavy atom. The van der Waals surface area contributed by atoms with Crippen molar-refractivity contribution >= 4 is 57.0 Å². The lowest BCUT2D eigenvalue weighted by atomic mass is 10.0. The van der Waals surface area contributed by atoms with Crippen molar-refractivity contribution < 1.29 is 18.4 Å². The van der Waals surface area contributed by atoms with Crippen LogP contribution < -0.4 is 9.62 Å². The Balaban J connectivity index is 1.33. The zero-order chi connectivity index (χ0) is 25.8. The summed E-state index contributed by atoms with van der Waals surface area (Å²) >= 11 is 4.37. The average Bonchev–Trinajstić information content (AvgIpc) is 3.40. The van der Waals surface area contributed by atoms with Crippen LogP contribution in [0.15, 0.2) is 54.7 Å². The number of anilines is 2. The fourth-order valence-electron chi connectivity index (χ4n) is 5.23. The maximum absolute atomic E-state index is 13.7. The lowest BCUT2D eigenvalue weighted by Gasteiger charge is -2.34. The SMILES string of the molecule is CN1C(=O)[C@@H](N2CCc3c(nn(Cc4ccccc4)c3Cl)C2=O)Cn2ccc3cc(NS(=O)O)cc1c32. The van der Waals surface area contributed by atoms with E-state index in [0.29, 0.717) is 41.6 Å². The molecule has 190 valence electrons. The van der Waals surface area contributed by atoms with Gasteiger partial charge in [-0.1, -0.05) is 41.9 Å². The van der Waals surface area contributed by atoms with Gasteiger partial charge in [0.2, 0.25) is 0 Å². The molecule has 6 rings (SSSR count). The van der Waals surface area contributed by atoms with Crippen LogP contribution in [0.4, 0.5) is 11.4 Å². The zero-order valence-electron chi connectivity index (χ0n) is 19.8. The van der Waals surface area contributed by atoms with E-state index in [4.69, 9.17) is 11.6 Å². The number of rotatable bonds is 5. The molecule has 2 aromatic carbocycles. The van der Waals surface area contributed by atoms with Crippen molar-refractivity contribution in [3.63, 3.8) is 0 Å². The fraction of sp³-hybridized carbons (Fsp3) is 0.240. The van der Waals surface area contributed by atoms with Crippen molar-refractivity contribution in [3.8, 4) is 0 Å². The van der Waals surface area contributed by atoms with Gasteiger partial charge in [-0.2, -0.15) is 5.10 Å². The van der Waals surface area contributed by atoms with Crippen LogP contribution in [0.5, 0.6) is 0 Å². The smallest absolute Gasteiger partial charge is 0.275 e. The molecular formula is C25H23ClN6O4S. The van der Waals surface area contributed by atoms with E-state index in [-0.39, 0.29) is 24.1 Å². The van der Waals surface area contributed by atoms with Crippen LogP contribution in [-0.4, -0.2) is 59.5 Å². The number of likely N-dealkylation sites (N-methyl/N-ethyl adjacent to an activating group) is 1. The summed E-state index contributed by atoms with van der Waals surface area (Å²) in [7, 11) is 1.65. The number of amides is 2. The summed E-state index contributed by atoms with van der Waals surface area (Å²) in [5.74, 6) is -0.576. The standard InChI is InChI=1S/C25H23ClN6O4S/c1-29-19-12-17(28-37(35)36)11-16-7-9-30(22(16)19)14-20(24(29)33)31-10-8-18-21(25(31)34)27-32(23(18)26)13-15-5-3-2-4-6-15/h2-7,9,11-12,20,28H,8,10,13-14H2,1H3,(H,35,36)/t20-/m0/s1. The third-order valence-electron chi connectivity index (χ3n) is 6.99. The number of fused-ring (bicyclic) bond motifs is 1. The number of carbonyl (C=O) groups excluding carboxylic acids is 2. The summed E-state index contributed by atoms with van der Waals surface area (Å²) in [5.41, 5.74) is 3.81. The van der Waals surface area contributed by atoms with Crippen molar-refractivity contribution in [1.82, 2.24) is 19.2 Å². The molecular weight excluding hydrogens is 516 g/mol. The Hall–Kier alpha value is -3.67. The number of aromatic nitrogens is 3. The highest BCUT2D eigenvalue weighted by atomic mass is 35.5. The Morgan fingerprint density at radius 1 is 1.19 bits per heavy atom. The van der Waals surface area contributed by atoms with E-state index in [9.17, 15) is 18.4 Å². The lowest BCUT2D eigenvalue weighted by Crippen LogP contribution is -2.53. The molecule has 4 aromatic rings. The van der Waals surface area contributed by atoms with Crippen LogP contribution in [0.1, 0.15) is 21.6 Å². The minimum atomic E-state index is -2.25. The molecule has 2 atom stereocenters. The zero-order valence-corrected chi connectivity index (χ0v) is 21.4. The molecule has 4 heterocycles. The lowest BCUT2D eigenvalue weighted by molar-refractivity contribution is -0.123. The number of nitrogens with zero attached hydrogens (tertiary/aromatic N) is 5. The van der Waals surface area contributed by atoms with E-state index >= 15 is 0 Å². The number of carbonyl (C=O) groups is 2. The summed E-state index contributed by atoms with van der Waals surface area (Å²) in [4.78, 5) is 30.4. The summed E-state index contributed by atoms with van der Waals surface area (Å²) in [5, 5.41) is 5.80. The second-order valence-corrected chi connectivity index (χ2v) is 10.2. The van der Waals surface area contributed by atoms with Gasteiger partial charge in [-0.25, -0.2) is 8.89 Å². The molecule has 2 aromatic heterocycles. The van der Waals surface area contributed by atoms with Gasteiger partial charge in [-0.05, 0) is 30.2 Å². The van der Waals surface area contributed by atoms with Crippen LogP contribution in [0.25, 0.3) is 10.9 Å². The van der Waals surface area contributed by atoms with Crippen LogP contribution in [0, 0.1) is 0 Å². The second-order valence-electron chi connectivity index (χ2n) is 9.18. The van der Waals surface area contributed by atoms with Crippen molar-refractivity contribution in [2.24, 2.45) is 0 Å². The Bertz CT molecular complexity index is 1580. The predicted molar refractivity (Wildman–Crippen MR) is 141 cm³/mol. The summed E-state index contributed by atoms with van der Waals surface area (Å²) in [6, 6.07) is 14.3. The van der Waals surface area contributed by atoms with Crippen LogP contribution >= 0.6 is 11.6 Å². The molecule has 2 aliphatic rings. The predicted octanol–water partition coefficient (Wildman–Crippen LogP) is 3.13. The average molecular weight is 539 g/mol. The van der Waals surface area contributed by atoms with Gasteiger partial charge in [0.15, 0.2) is 5.69 Å². The molecule has 0 aliphatic carbocycles. The Morgan fingerprint density at radius 2 is 1.97 bits per heavy atom. The normalized spacial score (nSPS) is 18.2. The first-order valence-electron chi connectivity index (χ1n) is 11.7. The first-order chi connectivity index (χ1) is 17.8. The second kappa shape index (κ2) is 9.02. The van der Waals surface area contributed by atoms with Gasteiger partial charge in [0.25, 0.3) is 23.1 Å². The van der Waals surface area contributed by atoms with Crippen molar-refractivity contribution in [3.05, 3.63) is 76.7 Å². The minimum Gasteiger partial charge on any atom is -0.343 e. The molecule has 1 unspecified atom stereocenters. The van der Waals surface area contributed by atoms with E-state index in [2.05, 4.69) is 9.82 Å². The maximum atomic E-state index is 13.7. The molecule has 10 nitrogen and oxygen atoms in total. The summed E-state index contributed by atoms with van der Waals surface area (Å²) < 4.78 is 26.6. The molecule has 12 heteroatoms. The fourth-order valence-corrected chi connectivity index (χ4v) is 5.83. The van der Waals surface area contributed by atoms with Gasteiger partial charge in [-0.3, -0.25) is 18.9 Å². The van der Waals surface area contributed by atoms with E-state index in [1.165, 1.54) is 4.90 Å². The van der Waals surface area contributed by atoms with Gasteiger partial charge >= 0.3 is 0 Å². The molecule has 2 N–H and O–H groups in total. The third-order valence-corrected chi connectivity index (χ3v) is 7.83. The highest BCUT2D eigenvalue weighted by Crippen LogP contribution is 2.36. The highest BCUT2D eigenvalue weighted by molar-refractivity contribution is 7.80. The number of nitrogens with one attached hydrogen (secondary N) is 1. The maximum Gasteiger partial charge on any atom is 0.275 e. The minimum absolute atomic E-state index is 0.251. The van der Waals surface area contributed by atoms with Crippen LogP contribution in [0.3, 0.4) is 0 Å². The Labute approximate surface area is 219 Å². The highest BCUT2D eigenvalue weighted by Gasteiger charge is 2.40. The van der Waals surface area contributed by atoms with E-state index in [1.54, 1.807) is 28.8 Å². The van der Waals surface area contributed by atoms with Gasteiger partial charge in [0, 0.05) is 30.7 Å². The topological polar surface area (TPSA) is 113 Å². The number of benzene rings is 2. The molecule has 37 heavy (non-hydrogen) atoms. The quantitative estimate of drug-likeness (QED) is 0.379. The summed E-state index contributed by atoms with van der Waals surface area (Å²) in [6.45, 7) is 1.05. The molecule has 0 bridgehead atoms. The van der Waals surface area contributed by atoms with E-state index in [1.807, 2.05) is 47.2 Å². The van der Waals surface area contributed by atoms with Crippen molar-refractivity contribution in [2.75, 3.05) is 23.2 Å². The largest absolute Gasteiger partial charge is 0.343 e. The number of hydrogen-bond acceptors (Lipinski definition) is 4. The summed E-state index contributed by atoms with van der Waals surface area (Å²) in [6.07, 6.45) is 2.35. The monoisotopic (exact) mass is 538 g/mol. The molecule has 0 saturated heterocycles. The Kier molecular flexibility index (Phi) is 5.78.